The van der Waals surface area contributed by atoms with Crippen LogP contribution < -0.4 is 0 Å². The lowest BCUT2D eigenvalue weighted by atomic mass is 10.0. The highest BCUT2D eigenvalue weighted by atomic mass is 31.2. The van der Waals surface area contributed by atoms with Gasteiger partial charge in [0.05, 0.1) is 19.8 Å². The Morgan fingerprint density at radius 1 is 0.403 bits per heavy atom. The van der Waals surface area contributed by atoms with Crippen LogP contribution in [0.15, 0.2) is 48.6 Å². The second-order valence-electron chi connectivity index (χ2n) is 19.8. The molecule has 0 aliphatic carbocycles. The van der Waals surface area contributed by atoms with Crippen molar-refractivity contribution in [2.45, 2.75) is 290 Å². The number of carbonyl (C=O) groups is 3. The normalized spacial score (nSPS) is 13.7. The zero-order valence-electron chi connectivity index (χ0n) is 46.4. The fraction of sp³-hybridized carbons (Fsp3) is 0.817. The first-order chi connectivity index (χ1) is 35.2. The molecule has 0 aromatic carbocycles. The van der Waals surface area contributed by atoms with Crippen LogP contribution in [0.3, 0.4) is 0 Å². The van der Waals surface area contributed by atoms with Gasteiger partial charge in [0.2, 0.25) is 0 Å². The molecule has 0 fully saturated rings. The molecule has 0 bridgehead atoms. The van der Waals surface area contributed by atoms with Crippen molar-refractivity contribution < 1.29 is 52.2 Å². The summed E-state index contributed by atoms with van der Waals surface area (Å²) in [7, 11) is -4.75. The minimum Gasteiger partial charge on any atom is -0.462 e. The molecule has 2 N–H and O–H groups in total. The van der Waals surface area contributed by atoms with Crippen LogP contribution in [0.4, 0.5) is 0 Å². The highest BCUT2D eigenvalue weighted by molar-refractivity contribution is 7.47. The minimum absolute atomic E-state index is 0.143. The third-order valence-corrected chi connectivity index (χ3v) is 13.7. The number of allylic oxidation sites excluding steroid dienone is 8. The topological polar surface area (TPSA) is 155 Å². The predicted octanol–water partition coefficient (Wildman–Crippen LogP) is 17.4. The monoisotopic (exact) mass is 1040 g/mol. The van der Waals surface area contributed by atoms with Gasteiger partial charge in [-0.2, -0.15) is 0 Å². The van der Waals surface area contributed by atoms with E-state index in [4.69, 9.17) is 23.3 Å². The molecule has 3 unspecified atom stereocenters. The van der Waals surface area contributed by atoms with Crippen molar-refractivity contribution in [1.82, 2.24) is 0 Å². The van der Waals surface area contributed by atoms with E-state index in [1.165, 1.54) is 141 Å². The van der Waals surface area contributed by atoms with Gasteiger partial charge in [-0.3, -0.25) is 23.4 Å². The van der Waals surface area contributed by atoms with Gasteiger partial charge in [0.1, 0.15) is 12.7 Å². The summed E-state index contributed by atoms with van der Waals surface area (Å²) in [5.74, 6) is -1.48. The second kappa shape index (κ2) is 54.7. The maximum atomic E-state index is 12.9. The zero-order chi connectivity index (χ0) is 52.7. The molecular formula is C60H109O11P. The lowest BCUT2D eigenvalue weighted by molar-refractivity contribution is -0.161. The van der Waals surface area contributed by atoms with Gasteiger partial charge in [0.15, 0.2) is 6.10 Å². The lowest BCUT2D eigenvalue weighted by Crippen LogP contribution is -2.30. The van der Waals surface area contributed by atoms with Crippen molar-refractivity contribution in [3.63, 3.8) is 0 Å². The summed E-state index contributed by atoms with van der Waals surface area (Å²) in [6.45, 7) is 4.52. The van der Waals surface area contributed by atoms with Crippen molar-refractivity contribution in [3.05, 3.63) is 48.6 Å². The van der Waals surface area contributed by atoms with E-state index in [1.54, 1.807) is 0 Å². The fourth-order valence-corrected chi connectivity index (χ4v) is 9.03. The highest BCUT2D eigenvalue weighted by Crippen LogP contribution is 2.43. The third kappa shape index (κ3) is 52.3. The Morgan fingerprint density at radius 2 is 0.722 bits per heavy atom. The largest absolute Gasteiger partial charge is 0.472 e. The van der Waals surface area contributed by atoms with E-state index in [0.717, 1.165) is 77.0 Å². The average Bonchev–Trinajstić information content (AvgIpc) is 3.37. The Hall–Kier alpha value is -2.56. The SMILES string of the molecule is CC/C=C\C/C=C\C/C=C\CCCCCC(=O)OC(CO)COP(=O)(O)OCC(COC(=O)CCCCCCCCCCCCCCC)OC(=O)CCCCCCCCCCC/C=C\CCCCCCCC. The Balaban J connectivity index is 4.70. The predicted molar refractivity (Wildman–Crippen MR) is 298 cm³/mol. The summed E-state index contributed by atoms with van der Waals surface area (Å²) in [5.41, 5.74) is 0. The van der Waals surface area contributed by atoms with Gasteiger partial charge in [-0.25, -0.2) is 4.57 Å². The van der Waals surface area contributed by atoms with Crippen molar-refractivity contribution in [2.24, 2.45) is 0 Å². The van der Waals surface area contributed by atoms with E-state index in [2.05, 4.69) is 69.4 Å². The van der Waals surface area contributed by atoms with Gasteiger partial charge in [-0.15, -0.1) is 0 Å². The molecule has 0 rings (SSSR count). The number of unbranched alkanes of at least 4 members (excludes halogenated alkanes) is 30. The Bertz CT molecular complexity index is 1400. The summed E-state index contributed by atoms with van der Waals surface area (Å²) in [4.78, 5) is 48.5. The Kier molecular flexibility index (Phi) is 52.7. The molecule has 0 aliphatic heterocycles. The first kappa shape index (κ1) is 69.4. The van der Waals surface area contributed by atoms with Gasteiger partial charge >= 0.3 is 25.7 Å². The molecular weight excluding hydrogens is 928 g/mol. The molecule has 3 atom stereocenters. The number of hydrogen-bond acceptors (Lipinski definition) is 10. The summed E-state index contributed by atoms with van der Waals surface area (Å²) >= 11 is 0. The van der Waals surface area contributed by atoms with Crippen LogP contribution in [0.5, 0.6) is 0 Å². The Morgan fingerprint density at radius 3 is 1.14 bits per heavy atom. The van der Waals surface area contributed by atoms with E-state index in [-0.39, 0.29) is 25.9 Å². The standard InChI is InChI=1S/C60H109O11P/c1-4-7-10-13-16-19-22-25-26-27-28-29-30-33-36-39-42-45-48-51-60(64)71-57(53-67-58(62)49-46-43-40-37-34-31-23-20-17-14-11-8-5-2)55-69-72(65,66)68-54-56(52-61)70-59(63)50-47-44-41-38-35-32-24-21-18-15-12-9-6-3/h9,12,18,21,25-26,32,35,56-57,61H,4-8,10-11,13-17,19-20,22-24,27-31,33-34,36-55H2,1-3H3,(H,65,66)/b12-9-,21-18-,26-25-,35-32-. The number of hydrogen-bond donors (Lipinski definition) is 2. The first-order valence-corrected chi connectivity index (χ1v) is 31.0. The summed E-state index contributed by atoms with van der Waals surface area (Å²) in [6.07, 6.45) is 57.9. The van der Waals surface area contributed by atoms with E-state index in [9.17, 15) is 28.9 Å². The van der Waals surface area contributed by atoms with E-state index in [0.29, 0.717) is 19.3 Å². The molecule has 420 valence electrons. The number of esters is 3. The number of phosphoric acid groups is 1. The molecule has 0 aromatic rings. The summed E-state index contributed by atoms with van der Waals surface area (Å²) < 4.78 is 39.5. The van der Waals surface area contributed by atoms with Gasteiger partial charge < -0.3 is 24.2 Å². The van der Waals surface area contributed by atoms with Crippen LogP contribution in [0, 0.1) is 0 Å². The number of carbonyl (C=O) groups excluding carboxylic acids is 3. The summed E-state index contributed by atoms with van der Waals surface area (Å²) in [6, 6.07) is 0. The van der Waals surface area contributed by atoms with E-state index in [1.807, 2.05) is 0 Å². The quantitative estimate of drug-likeness (QED) is 0.0197. The van der Waals surface area contributed by atoms with Gasteiger partial charge in [-0.05, 0) is 77.0 Å². The second-order valence-corrected chi connectivity index (χ2v) is 21.2. The van der Waals surface area contributed by atoms with Crippen LogP contribution in [0.25, 0.3) is 0 Å². The van der Waals surface area contributed by atoms with Gasteiger partial charge in [0, 0.05) is 19.3 Å². The van der Waals surface area contributed by atoms with Crippen molar-refractivity contribution in [1.29, 1.82) is 0 Å². The Labute approximate surface area is 441 Å². The number of aliphatic hydroxyl groups is 1. The van der Waals surface area contributed by atoms with Crippen molar-refractivity contribution in [2.75, 3.05) is 26.4 Å². The molecule has 72 heavy (non-hydrogen) atoms. The van der Waals surface area contributed by atoms with E-state index < -0.39 is 57.8 Å². The summed E-state index contributed by atoms with van der Waals surface area (Å²) in [5, 5.41) is 9.80. The maximum absolute atomic E-state index is 12.9. The van der Waals surface area contributed by atoms with Crippen LogP contribution in [-0.4, -0.2) is 66.5 Å². The number of rotatable bonds is 55. The molecule has 12 heteroatoms. The molecule has 0 amide bonds. The smallest absolute Gasteiger partial charge is 0.462 e. The minimum atomic E-state index is -4.75. The maximum Gasteiger partial charge on any atom is 0.472 e. The molecule has 0 aliphatic rings. The number of ether oxygens (including phenoxy) is 3. The molecule has 0 radical (unpaired) electrons. The molecule has 11 nitrogen and oxygen atoms in total. The van der Waals surface area contributed by atoms with Crippen LogP contribution in [-0.2, 0) is 42.2 Å². The van der Waals surface area contributed by atoms with Crippen LogP contribution in [0.2, 0.25) is 0 Å². The molecule has 0 heterocycles. The highest BCUT2D eigenvalue weighted by Gasteiger charge is 2.28. The molecule has 0 saturated carbocycles. The van der Waals surface area contributed by atoms with Crippen molar-refractivity contribution in [3.8, 4) is 0 Å². The fourth-order valence-electron chi connectivity index (χ4n) is 8.25. The number of aliphatic hydroxyl groups excluding tert-OH is 1. The first-order valence-electron chi connectivity index (χ1n) is 29.5. The van der Waals surface area contributed by atoms with Gasteiger partial charge in [0.25, 0.3) is 0 Å². The average molecular weight is 1040 g/mol. The zero-order valence-corrected chi connectivity index (χ0v) is 47.3. The van der Waals surface area contributed by atoms with Crippen molar-refractivity contribution >= 4 is 25.7 Å². The van der Waals surface area contributed by atoms with Crippen LogP contribution in [0.1, 0.15) is 278 Å². The molecule has 0 aromatic heterocycles. The van der Waals surface area contributed by atoms with E-state index >= 15 is 0 Å². The van der Waals surface area contributed by atoms with Crippen LogP contribution >= 0.6 is 7.82 Å². The number of phosphoric ester groups is 1. The lowest BCUT2D eigenvalue weighted by Gasteiger charge is -2.21. The third-order valence-electron chi connectivity index (χ3n) is 12.7. The molecule has 0 spiro atoms. The van der Waals surface area contributed by atoms with Gasteiger partial charge in [-0.1, -0.05) is 230 Å². The molecule has 0 saturated heterocycles.